The molecule has 19 heavy (non-hydrogen) atoms. The summed E-state index contributed by atoms with van der Waals surface area (Å²) >= 11 is 0. The molecule has 0 N–H and O–H groups in total. The molecule has 1 aromatic carbocycles. The molecule has 0 saturated heterocycles. The van der Waals surface area contributed by atoms with Crippen LogP contribution in [0, 0.1) is 18.3 Å². The number of hydrogen-bond donors (Lipinski definition) is 0. The van der Waals surface area contributed by atoms with Gasteiger partial charge in [-0.15, -0.1) is 0 Å². The van der Waals surface area contributed by atoms with Crippen LogP contribution < -0.4 is 0 Å². The Morgan fingerprint density at radius 3 is 2.32 bits per heavy atom. The Kier molecular flexibility index (Phi) is 3.26. The van der Waals surface area contributed by atoms with Gasteiger partial charge in [-0.1, -0.05) is 12.1 Å². The van der Waals surface area contributed by atoms with Crippen LogP contribution in [0.5, 0.6) is 0 Å². The van der Waals surface area contributed by atoms with E-state index in [1.807, 2.05) is 0 Å². The molecule has 0 spiro atoms. The third kappa shape index (κ3) is 2.74. The van der Waals surface area contributed by atoms with Crippen LogP contribution in [0.25, 0.3) is 11.1 Å². The lowest BCUT2D eigenvalue weighted by Gasteiger charge is -2.10. The second-order valence-corrected chi connectivity index (χ2v) is 4.06. The normalized spacial score (nSPS) is 11.1. The van der Waals surface area contributed by atoms with Gasteiger partial charge >= 0.3 is 6.18 Å². The van der Waals surface area contributed by atoms with Gasteiger partial charge in [0.1, 0.15) is 0 Å². The first-order chi connectivity index (χ1) is 8.91. The summed E-state index contributed by atoms with van der Waals surface area (Å²) in [6.45, 7) is 1.80. The van der Waals surface area contributed by atoms with Crippen molar-refractivity contribution < 1.29 is 13.2 Å². The van der Waals surface area contributed by atoms with E-state index in [9.17, 15) is 13.2 Å². The average Bonchev–Trinajstić information content (AvgIpc) is 2.38. The van der Waals surface area contributed by atoms with Crippen molar-refractivity contribution in [1.29, 1.82) is 5.26 Å². The van der Waals surface area contributed by atoms with E-state index in [4.69, 9.17) is 5.26 Å². The first kappa shape index (κ1) is 13.1. The summed E-state index contributed by atoms with van der Waals surface area (Å²) in [5.41, 5.74) is 0.456. The molecule has 0 fully saturated rings. The molecule has 96 valence electrons. The quantitative estimate of drug-likeness (QED) is 0.780. The Balaban J connectivity index is 2.56. The van der Waals surface area contributed by atoms with Gasteiger partial charge in [-0.3, -0.25) is 4.98 Å². The molecule has 0 radical (unpaired) electrons. The molecule has 2 nitrogen and oxygen atoms in total. The summed E-state index contributed by atoms with van der Waals surface area (Å²) < 4.78 is 38.5. The molecular weight excluding hydrogens is 253 g/mol. The highest BCUT2D eigenvalue weighted by atomic mass is 19.4. The van der Waals surface area contributed by atoms with Crippen molar-refractivity contribution in [3.05, 3.63) is 53.3 Å². The Morgan fingerprint density at radius 2 is 1.79 bits per heavy atom. The highest BCUT2D eigenvalue weighted by Gasteiger charge is 2.33. The number of alkyl halides is 3. The zero-order valence-corrected chi connectivity index (χ0v) is 9.99. The molecule has 0 aliphatic heterocycles. The number of nitriles is 1. The van der Waals surface area contributed by atoms with E-state index in [2.05, 4.69) is 4.98 Å². The number of aryl methyl sites for hydroxylation is 1. The van der Waals surface area contributed by atoms with E-state index in [-0.39, 0.29) is 5.56 Å². The fourth-order valence-electron chi connectivity index (χ4n) is 1.69. The maximum atomic E-state index is 12.8. The molecule has 2 aromatic rings. The molecule has 0 unspecified atom stereocenters. The summed E-state index contributed by atoms with van der Waals surface area (Å²) in [5, 5.41) is 8.72. The van der Waals surface area contributed by atoms with Crippen molar-refractivity contribution in [2.45, 2.75) is 13.1 Å². The van der Waals surface area contributed by atoms with Gasteiger partial charge < -0.3 is 0 Å². The zero-order valence-electron chi connectivity index (χ0n) is 9.99. The van der Waals surface area contributed by atoms with Crippen LogP contribution in [0.1, 0.15) is 16.8 Å². The molecular formula is C14H9F3N2. The van der Waals surface area contributed by atoms with E-state index in [0.29, 0.717) is 11.1 Å². The summed E-state index contributed by atoms with van der Waals surface area (Å²) in [5.74, 6) is 0. The third-order valence-corrected chi connectivity index (χ3v) is 2.69. The monoisotopic (exact) mass is 262 g/mol. The highest BCUT2D eigenvalue weighted by molar-refractivity contribution is 5.65. The minimum atomic E-state index is -4.54. The van der Waals surface area contributed by atoms with Gasteiger partial charge in [0, 0.05) is 17.5 Å². The van der Waals surface area contributed by atoms with Gasteiger partial charge in [0.05, 0.1) is 17.2 Å². The van der Waals surface area contributed by atoms with Gasteiger partial charge in [0.25, 0.3) is 0 Å². The fraction of sp³-hybridized carbons (Fsp3) is 0.143. The molecule has 0 atom stereocenters. The molecule has 5 heteroatoms. The molecule has 0 aliphatic carbocycles. The molecule has 0 amide bonds. The smallest absolute Gasteiger partial charge is 0.261 e. The van der Waals surface area contributed by atoms with Crippen molar-refractivity contribution in [2.75, 3.05) is 0 Å². The van der Waals surface area contributed by atoms with Crippen molar-refractivity contribution in [3.8, 4) is 17.2 Å². The van der Waals surface area contributed by atoms with E-state index in [0.717, 1.165) is 11.8 Å². The van der Waals surface area contributed by atoms with Crippen LogP contribution in [0.3, 0.4) is 0 Å². The minimum Gasteiger partial charge on any atom is -0.261 e. The van der Waals surface area contributed by atoms with Gasteiger partial charge in [-0.05, 0) is 30.7 Å². The maximum absolute atomic E-state index is 12.8. The summed E-state index contributed by atoms with van der Waals surface area (Å²) in [7, 11) is 0. The van der Waals surface area contributed by atoms with Gasteiger partial charge in [0.2, 0.25) is 0 Å². The third-order valence-electron chi connectivity index (χ3n) is 2.69. The van der Waals surface area contributed by atoms with Crippen molar-refractivity contribution in [1.82, 2.24) is 4.98 Å². The number of rotatable bonds is 1. The number of pyridine rings is 1. The number of nitrogens with zero attached hydrogens (tertiary/aromatic N) is 2. The average molecular weight is 262 g/mol. The van der Waals surface area contributed by atoms with E-state index < -0.39 is 11.7 Å². The standard InChI is InChI=1S/C14H9F3N2/c1-9-2-3-12(8-19-9)10-4-5-11(7-18)13(6-10)14(15,16)17/h2-6,8H,1H3. The Bertz CT molecular complexity index is 637. The molecule has 2 rings (SSSR count). The van der Waals surface area contributed by atoms with Gasteiger partial charge in [0.15, 0.2) is 0 Å². The Labute approximate surface area is 108 Å². The fourth-order valence-corrected chi connectivity index (χ4v) is 1.69. The van der Waals surface area contributed by atoms with Crippen LogP contribution in [0.15, 0.2) is 36.5 Å². The number of benzene rings is 1. The number of aromatic nitrogens is 1. The number of halogens is 3. The summed E-state index contributed by atoms with van der Waals surface area (Å²) in [4.78, 5) is 4.04. The minimum absolute atomic E-state index is 0.378. The van der Waals surface area contributed by atoms with Crippen LogP contribution in [-0.4, -0.2) is 4.98 Å². The van der Waals surface area contributed by atoms with E-state index >= 15 is 0 Å². The Morgan fingerprint density at radius 1 is 1.11 bits per heavy atom. The molecule has 0 saturated carbocycles. The highest BCUT2D eigenvalue weighted by Crippen LogP contribution is 2.34. The molecule has 1 aromatic heterocycles. The lowest BCUT2D eigenvalue weighted by atomic mass is 10.00. The van der Waals surface area contributed by atoms with Crippen LogP contribution in [0.2, 0.25) is 0 Å². The second kappa shape index (κ2) is 4.73. The molecule has 0 bridgehead atoms. The Hall–Kier alpha value is -2.35. The predicted molar refractivity (Wildman–Crippen MR) is 64.1 cm³/mol. The van der Waals surface area contributed by atoms with Crippen molar-refractivity contribution in [3.63, 3.8) is 0 Å². The lowest BCUT2D eigenvalue weighted by Crippen LogP contribution is -2.07. The van der Waals surface area contributed by atoms with Crippen molar-refractivity contribution >= 4 is 0 Å². The topological polar surface area (TPSA) is 36.7 Å². The first-order valence-corrected chi connectivity index (χ1v) is 5.46. The van der Waals surface area contributed by atoms with Crippen LogP contribution in [0.4, 0.5) is 13.2 Å². The number of hydrogen-bond acceptors (Lipinski definition) is 2. The van der Waals surface area contributed by atoms with E-state index in [1.165, 1.54) is 18.3 Å². The SMILES string of the molecule is Cc1ccc(-c2ccc(C#N)c(C(F)(F)F)c2)cn1. The van der Waals surface area contributed by atoms with E-state index in [1.54, 1.807) is 25.1 Å². The first-order valence-electron chi connectivity index (χ1n) is 5.46. The van der Waals surface area contributed by atoms with Crippen molar-refractivity contribution in [2.24, 2.45) is 0 Å². The van der Waals surface area contributed by atoms with Crippen LogP contribution >= 0.6 is 0 Å². The largest absolute Gasteiger partial charge is 0.417 e. The van der Waals surface area contributed by atoms with Gasteiger partial charge in [-0.25, -0.2) is 0 Å². The van der Waals surface area contributed by atoms with Gasteiger partial charge in [-0.2, -0.15) is 18.4 Å². The van der Waals surface area contributed by atoms with Crippen LogP contribution in [-0.2, 0) is 6.18 Å². The maximum Gasteiger partial charge on any atom is 0.417 e. The second-order valence-electron chi connectivity index (χ2n) is 4.06. The molecule has 1 heterocycles. The predicted octanol–water partition coefficient (Wildman–Crippen LogP) is 3.95. The zero-order chi connectivity index (χ0) is 14.0. The summed E-state index contributed by atoms with van der Waals surface area (Å²) in [6.07, 6.45) is -3.03. The summed E-state index contributed by atoms with van der Waals surface area (Å²) in [6, 6.07) is 8.62. The molecule has 0 aliphatic rings. The lowest BCUT2D eigenvalue weighted by molar-refractivity contribution is -0.137.